The van der Waals surface area contributed by atoms with Gasteiger partial charge in [-0.15, -0.1) is 0 Å². The summed E-state index contributed by atoms with van der Waals surface area (Å²) in [4.78, 5) is 43.4. The van der Waals surface area contributed by atoms with Crippen LogP contribution in [-0.4, -0.2) is 32.5 Å². The molecule has 0 spiro atoms. The highest BCUT2D eigenvalue weighted by molar-refractivity contribution is 6.25. The van der Waals surface area contributed by atoms with E-state index >= 15 is 0 Å². The molecule has 0 radical (unpaired) electrons. The fourth-order valence-electron chi connectivity index (χ4n) is 7.99. The SMILES string of the molecule is CC(C)=CCc1c(O)cc(O)c2c(=O)c3c(oc12)C(=O)[C@@]1(O)C(=O)[C@]3(CC=C(C)C)C[C@@H]2C(C)(C)CCC[C@]21C. The van der Waals surface area contributed by atoms with E-state index in [0.717, 1.165) is 30.1 Å². The number of phenols is 2. The molecule has 40 heavy (non-hydrogen) atoms. The second kappa shape index (κ2) is 8.90. The highest BCUT2D eigenvalue weighted by Gasteiger charge is 2.75. The zero-order valence-corrected chi connectivity index (χ0v) is 24.5. The third kappa shape index (κ3) is 3.55. The molecular weight excluding hydrogens is 508 g/mol. The summed E-state index contributed by atoms with van der Waals surface area (Å²) in [5.74, 6) is -2.88. The number of aromatic hydroxyl groups is 2. The van der Waals surface area contributed by atoms with Crippen molar-refractivity contribution in [2.75, 3.05) is 0 Å². The normalized spacial score (nSPS) is 30.4. The van der Waals surface area contributed by atoms with Crippen LogP contribution in [0.1, 0.15) is 102 Å². The highest BCUT2D eigenvalue weighted by Crippen LogP contribution is 2.67. The lowest BCUT2D eigenvalue weighted by Crippen LogP contribution is -2.75. The van der Waals surface area contributed by atoms with E-state index in [0.29, 0.717) is 6.42 Å². The Morgan fingerprint density at radius 3 is 2.27 bits per heavy atom. The second-order valence-electron chi connectivity index (χ2n) is 13.7. The van der Waals surface area contributed by atoms with E-state index in [-0.39, 0.29) is 64.2 Å². The molecule has 0 amide bonds. The van der Waals surface area contributed by atoms with Gasteiger partial charge in [-0.2, -0.15) is 0 Å². The molecule has 0 unspecified atom stereocenters. The molecule has 1 aromatic heterocycles. The fraction of sp³-hybridized carbons (Fsp3) is 0.545. The Hall–Kier alpha value is -3.19. The number of phenolic OH excluding ortho intramolecular Hbond substituents is 2. The van der Waals surface area contributed by atoms with Gasteiger partial charge < -0.3 is 19.7 Å². The molecule has 3 N–H and O–H groups in total. The minimum absolute atomic E-state index is 0.0882. The number of carbonyl (C=O) groups is 2. The third-order valence-electron chi connectivity index (χ3n) is 10.2. The number of hydrogen-bond donors (Lipinski definition) is 3. The number of allylic oxidation sites excluding steroid dienone is 4. The Bertz CT molecular complexity index is 1580. The molecule has 2 aromatic rings. The quantitative estimate of drug-likeness (QED) is 0.314. The molecule has 0 saturated heterocycles. The van der Waals surface area contributed by atoms with Gasteiger partial charge in [0.15, 0.2) is 17.1 Å². The summed E-state index contributed by atoms with van der Waals surface area (Å²) in [5, 5.41) is 33.9. The summed E-state index contributed by atoms with van der Waals surface area (Å²) in [7, 11) is 0. The van der Waals surface area contributed by atoms with Crippen molar-refractivity contribution >= 4 is 22.5 Å². The van der Waals surface area contributed by atoms with Crippen molar-refractivity contribution in [3.8, 4) is 11.5 Å². The third-order valence-corrected chi connectivity index (χ3v) is 10.2. The molecule has 1 aromatic carbocycles. The van der Waals surface area contributed by atoms with E-state index < -0.39 is 39.2 Å². The van der Waals surface area contributed by atoms with Crippen molar-refractivity contribution in [1.29, 1.82) is 0 Å². The molecule has 0 aliphatic heterocycles. The smallest absolute Gasteiger partial charge is 0.238 e. The lowest BCUT2D eigenvalue weighted by Gasteiger charge is -2.64. The molecule has 5 rings (SSSR count). The van der Waals surface area contributed by atoms with E-state index in [1.165, 1.54) is 0 Å². The summed E-state index contributed by atoms with van der Waals surface area (Å²) in [6.45, 7) is 13.6. The summed E-state index contributed by atoms with van der Waals surface area (Å²) in [6.07, 6.45) is 6.43. The van der Waals surface area contributed by atoms with Gasteiger partial charge in [0.2, 0.25) is 11.2 Å². The maximum Gasteiger partial charge on any atom is 0.238 e. The molecular formula is C33H40O7. The number of aliphatic hydroxyl groups is 1. The molecule has 3 aliphatic carbocycles. The largest absolute Gasteiger partial charge is 0.507 e. The molecule has 3 aliphatic rings. The Morgan fingerprint density at radius 1 is 1.00 bits per heavy atom. The Labute approximate surface area is 234 Å². The van der Waals surface area contributed by atoms with Gasteiger partial charge >= 0.3 is 0 Å². The van der Waals surface area contributed by atoms with Crippen LogP contribution < -0.4 is 5.43 Å². The molecule has 2 fully saturated rings. The van der Waals surface area contributed by atoms with Crippen LogP contribution in [0.15, 0.2) is 38.6 Å². The van der Waals surface area contributed by atoms with E-state index in [1.807, 2.05) is 46.8 Å². The summed E-state index contributed by atoms with van der Waals surface area (Å²) >= 11 is 0. The molecule has 4 atom stereocenters. The van der Waals surface area contributed by atoms with Gasteiger partial charge in [0.25, 0.3) is 0 Å². The monoisotopic (exact) mass is 548 g/mol. The van der Waals surface area contributed by atoms with Gasteiger partial charge in [-0.3, -0.25) is 14.4 Å². The van der Waals surface area contributed by atoms with Crippen molar-refractivity contribution in [3.05, 3.63) is 56.5 Å². The molecule has 7 nitrogen and oxygen atoms in total. The number of ketones is 2. The molecule has 214 valence electrons. The number of hydrogen-bond acceptors (Lipinski definition) is 7. The van der Waals surface area contributed by atoms with Gasteiger partial charge in [0.05, 0.1) is 11.0 Å². The second-order valence-corrected chi connectivity index (χ2v) is 13.7. The predicted octanol–water partition coefficient (Wildman–Crippen LogP) is 6.04. The van der Waals surface area contributed by atoms with E-state index in [4.69, 9.17) is 4.42 Å². The highest BCUT2D eigenvalue weighted by atomic mass is 16.4. The van der Waals surface area contributed by atoms with Crippen molar-refractivity contribution in [2.45, 2.75) is 98.0 Å². The summed E-state index contributed by atoms with van der Waals surface area (Å²) in [6, 6.07) is 1.10. The number of fused-ring (bicyclic) bond motifs is 7. The number of rotatable bonds is 4. The number of benzene rings is 1. The first-order valence-corrected chi connectivity index (χ1v) is 14.2. The topological polar surface area (TPSA) is 125 Å². The average molecular weight is 549 g/mol. The lowest BCUT2D eigenvalue weighted by molar-refractivity contribution is -0.189. The van der Waals surface area contributed by atoms with Crippen molar-refractivity contribution < 1.29 is 29.3 Å². The van der Waals surface area contributed by atoms with Gasteiger partial charge in [-0.05, 0) is 71.1 Å². The summed E-state index contributed by atoms with van der Waals surface area (Å²) < 4.78 is 6.23. The molecule has 2 bridgehead atoms. The zero-order chi connectivity index (χ0) is 29.6. The first-order chi connectivity index (χ1) is 18.5. The van der Waals surface area contributed by atoms with Crippen LogP contribution in [0.2, 0.25) is 0 Å². The van der Waals surface area contributed by atoms with Crippen LogP contribution in [0.3, 0.4) is 0 Å². The van der Waals surface area contributed by atoms with Crippen molar-refractivity contribution in [3.63, 3.8) is 0 Å². The molecule has 2 saturated carbocycles. The minimum atomic E-state index is -2.38. The first kappa shape index (κ1) is 28.3. The van der Waals surface area contributed by atoms with E-state index in [1.54, 1.807) is 0 Å². The van der Waals surface area contributed by atoms with Crippen molar-refractivity contribution in [1.82, 2.24) is 0 Å². The van der Waals surface area contributed by atoms with Crippen LogP contribution in [0.4, 0.5) is 0 Å². The zero-order valence-electron chi connectivity index (χ0n) is 24.5. The van der Waals surface area contributed by atoms with E-state index in [9.17, 15) is 29.7 Å². The minimum Gasteiger partial charge on any atom is -0.507 e. The molecule has 1 heterocycles. The number of Topliss-reactive ketones (excluding diaryl/α,β-unsaturated/α-hetero) is 2. The van der Waals surface area contributed by atoms with Crippen molar-refractivity contribution in [2.24, 2.45) is 16.7 Å². The maximum atomic E-state index is 14.6. The Balaban J connectivity index is 1.94. The van der Waals surface area contributed by atoms with Gasteiger partial charge in [0.1, 0.15) is 22.5 Å². The van der Waals surface area contributed by atoms with Crippen LogP contribution >= 0.6 is 0 Å². The lowest BCUT2D eigenvalue weighted by atomic mass is 9.38. The summed E-state index contributed by atoms with van der Waals surface area (Å²) in [5.41, 5.74) is -3.94. The first-order valence-electron chi connectivity index (χ1n) is 14.2. The average Bonchev–Trinajstić information content (AvgIpc) is 2.84. The molecule has 7 heteroatoms. The maximum absolute atomic E-state index is 14.6. The van der Waals surface area contributed by atoms with Crippen LogP contribution in [0, 0.1) is 16.7 Å². The van der Waals surface area contributed by atoms with Gasteiger partial charge in [-0.25, -0.2) is 0 Å². The van der Waals surface area contributed by atoms with Gasteiger partial charge in [0, 0.05) is 17.0 Å². The van der Waals surface area contributed by atoms with Crippen LogP contribution in [0.5, 0.6) is 11.5 Å². The van der Waals surface area contributed by atoms with E-state index in [2.05, 4.69) is 13.8 Å². The Kier molecular flexibility index (Phi) is 6.31. The van der Waals surface area contributed by atoms with Crippen LogP contribution in [0.25, 0.3) is 11.0 Å². The standard InChI is InChI=1S/C33H40O7/c1-17(2)9-10-19-20(34)15-21(35)23-25(36)24-27(40-26(19)23)28(37)33(39)29(38)32(24,14-11-18(3)4)16-22-30(5,6)12-8-13-31(22,33)7/h9,11,15,22,34-35,39H,8,10,12-14,16H2,1-7H3/t22-,31-,32-,33-/m1/s1. The fourth-order valence-corrected chi connectivity index (χ4v) is 7.99. The Morgan fingerprint density at radius 2 is 1.65 bits per heavy atom. The van der Waals surface area contributed by atoms with Crippen LogP contribution in [-0.2, 0) is 16.6 Å². The van der Waals surface area contributed by atoms with Gasteiger partial charge in [-0.1, -0.05) is 50.5 Å². The predicted molar refractivity (Wildman–Crippen MR) is 153 cm³/mol. The number of carbonyl (C=O) groups excluding carboxylic acids is 2.